The second-order valence-electron chi connectivity index (χ2n) is 4.17. The van der Waals surface area contributed by atoms with E-state index in [2.05, 4.69) is 4.90 Å². The van der Waals surface area contributed by atoms with Crippen molar-refractivity contribution < 1.29 is 9.90 Å². The van der Waals surface area contributed by atoms with Gasteiger partial charge in [0.1, 0.15) is 0 Å². The summed E-state index contributed by atoms with van der Waals surface area (Å²) in [4.78, 5) is 14.5. The maximum atomic E-state index is 10.7. The van der Waals surface area contributed by atoms with Crippen molar-refractivity contribution in [2.45, 2.75) is 6.54 Å². The van der Waals surface area contributed by atoms with Crippen LogP contribution in [0.3, 0.4) is 0 Å². The number of benzene rings is 1. The van der Waals surface area contributed by atoms with Crippen LogP contribution in [0.5, 0.6) is 0 Å². The Labute approximate surface area is 105 Å². The molecule has 1 N–H and O–H groups in total. The van der Waals surface area contributed by atoms with Gasteiger partial charge in [0.05, 0.1) is 0 Å². The molecule has 1 saturated heterocycles. The quantitative estimate of drug-likeness (QED) is 0.879. The molecule has 1 fully saturated rings. The normalized spacial score (nSPS) is 17.1. The summed E-state index contributed by atoms with van der Waals surface area (Å²) in [6.45, 7) is 3.60. The minimum Gasteiger partial charge on any atom is -0.465 e. The summed E-state index contributed by atoms with van der Waals surface area (Å²) in [6.07, 6.45) is -0.823. The van der Waals surface area contributed by atoms with Crippen LogP contribution in [0.1, 0.15) is 5.56 Å². The van der Waals surface area contributed by atoms with E-state index in [9.17, 15) is 4.79 Å². The van der Waals surface area contributed by atoms with Crippen molar-refractivity contribution >= 4 is 17.7 Å². The van der Waals surface area contributed by atoms with Crippen molar-refractivity contribution in [1.82, 2.24) is 9.80 Å². The van der Waals surface area contributed by atoms with Gasteiger partial charge < -0.3 is 10.0 Å². The first-order valence-corrected chi connectivity index (χ1v) is 5.97. The fourth-order valence-electron chi connectivity index (χ4n) is 1.95. The van der Waals surface area contributed by atoms with Gasteiger partial charge in [-0.3, -0.25) is 4.90 Å². The Bertz CT molecular complexity index is 386. The summed E-state index contributed by atoms with van der Waals surface area (Å²) in [6, 6.07) is 7.77. The average Bonchev–Trinajstić information content (AvgIpc) is 2.33. The molecule has 1 aliphatic rings. The second kappa shape index (κ2) is 5.38. The van der Waals surface area contributed by atoms with Gasteiger partial charge in [-0.25, -0.2) is 4.79 Å². The molecule has 0 saturated carbocycles. The van der Waals surface area contributed by atoms with E-state index in [4.69, 9.17) is 16.7 Å². The summed E-state index contributed by atoms with van der Waals surface area (Å²) in [7, 11) is 0. The average molecular weight is 255 g/mol. The molecule has 2 rings (SSSR count). The van der Waals surface area contributed by atoms with Crippen molar-refractivity contribution in [3.63, 3.8) is 0 Å². The first-order valence-electron chi connectivity index (χ1n) is 5.60. The van der Waals surface area contributed by atoms with Crippen molar-refractivity contribution in [1.29, 1.82) is 0 Å². The Hall–Kier alpha value is -1.26. The Morgan fingerprint density at radius 2 is 1.76 bits per heavy atom. The lowest BCUT2D eigenvalue weighted by molar-refractivity contribution is 0.103. The topological polar surface area (TPSA) is 43.8 Å². The van der Waals surface area contributed by atoms with Crippen LogP contribution in [0.25, 0.3) is 0 Å². The molecular formula is C12H15ClN2O2. The van der Waals surface area contributed by atoms with Crippen LogP contribution in [0.2, 0.25) is 5.02 Å². The van der Waals surface area contributed by atoms with E-state index in [1.807, 2.05) is 24.3 Å². The number of nitrogens with zero attached hydrogens (tertiary/aromatic N) is 2. The molecule has 17 heavy (non-hydrogen) atoms. The van der Waals surface area contributed by atoms with Gasteiger partial charge in [0.2, 0.25) is 0 Å². The molecule has 0 radical (unpaired) electrons. The molecule has 0 aliphatic carbocycles. The largest absolute Gasteiger partial charge is 0.465 e. The van der Waals surface area contributed by atoms with Gasteiger partial charge in [-0.2, -0.15) is 0 Å². The number of carbonyl (C=O) groups is 1. The number of hydrogen-bond donors (Lipinski definition) is 1. The lowest BCUT2D eigenvalue weighted by atomic mass is 10.2. The number of piperazine rings is 1. The molecule has 0 atom stereocenters. The zero-order chi connectivity index (χ0) is 12.3. The molecule has 1 amide bonds. The summed E-state index contributed by atoms with van der Waals surface area (Å²) in [5, 5.41) is 9.58. The van der Waals surface area contributed by atoms with Crippen LogP contribution in [0, 0.1) is 0 Å². The van der Waals surface area contributed by atoms with Gasteiger partial charge in [0.15, 0.2) is 0 Å². The molecule has 1 aromatic rings. The molecule has 0 unspecified atom stereocenters. The molecule has 4 nitrogen and oxygen atoms in total. The van der Waals surface area contributed by atoms with Crippen LogP contribution in [0.15, 0.2) is 24.3 Å². The number of halogens is 1. The highest BCUT2D eigenvalue weighted by atomic mass is 35.5. The molecule has 1 aliphatic heterocycles. The van der Waals surface area contributed by atoms with Crippen LogP contribution in [0.4, 0.5) is 4.79 Å². The van der Waals surface area contributed by atoms with E-state index in [-0.39, 0.29) is 0 Å². The van der Waals surface area contributed by atoms with Gasteiger partial charge in [0, 0.05) is 37.7 Å². The van der Waals surface area contributed by atoms with Crippen molar-refractivity contribution in [3.8, 4) is 0 Å². The van der Waals surface area contributed by atoms with Crippen LogP contribution >= 0.6 is 11.6 Å². The lowest BCUT2D eigenvalue weighted by Gasteiger charge is -2.33. The molecular weight excluding hydrogens is 240 g/mol. The molecule has 0 bridgehead atoms. The van der Waals surface area contributed by atoms with Crippen molar-refractivity contribution in [2.24, 2.45) is 0 Å². The van der Waals surface area contributed by atoms with Crippen molar-refractivity contribution in [2.75, 3.05) is 26.2 Å². The summed E-state index contributed by atoms with van der Waals surface area (Å²) in [5.41, 5.74) is 1.21. The van der Waals surface area contributed by atoms with Gasteiger partial charge in [0.25, 0.3) is 0 Å². The number of hydrogen-bond acceptors (Lipinski definition) is 2. The van der Waals surface area contributed by atoms with Crippen LogP contribution in [-0.2, 0) is 6.54 Å². The highest BCUT2D eigenvalue weighted by molar-refractivity contribution is 6.30. The number of carboxylic acid groups (broad SMARTS) is 1. The molecule has 0 aromatic heterocycles. The van der Waals surface area contributed by atoms with E-state index in [1.165, 1.54) is 10.5 Å². The minimum absolute atomic E-state index is 0.586. The smallest absolute Gasteiger partial charge is 0.407 e. The van der Waals surface area contributed by atoms with E-state index in [0.29, 0.717) is 13.1 Å². The fraction of sp³-hybridized carbons (Fsp3) is 0.417. The SMILES string of the molecule is O=C(O)N1CCN(Cc2ccc(Cl)cc2)CC1. The number of amides is 1. The van der Waals surface area contributed by atoms with Crippen LogP contribution in [-0.4, -0.2) is 47.2 Å². The third-order valence-corrected chi connectivity index (χ3v) is 3.21. The predicted molar refractivity (Wildman–Crippen MR) is 66.3 cm³/mol. The van der Waals surface area contributed by atoms with Gasteiger partial charge in [-0.1, -0.05) is 23.7 Å². The van der Waals surface area contributed by atoms with E-state index >= 15 is 0 Å². The molecule has 1 heterocycles. The van der Waals surface area contributed by atoms with E-state index in [0.717, 1.165) is 24.7 Å². The first-order chi connectivity index (χ1) is 8.15. The Morgan fingerprint density at radius 1 is 1.18 bits per heavy atom. The summed E-state index contributed by atoms with van der Waals surface area (Å²) >= 11 is 5.82. The fourth-order valence-corrected chi connectivity index (χ4v) is 2.07. The Morgan fingerprint density at radius 3 is 2.29 bits per heavy atom. The van der Waals surface area contributed by atoms with Gasteiger partial charge in [-0.05, 0) is 17.7 Å². The highest BCUT2D eigenvalue weighted by Gasteiger charge is 2.19. The molecule has 5 heteroatoms. The maximum absolute atomic E-state index is 10.7. The number of rotatable bonds is 2. The lowest BCUT2D eigenvalue weighted by Crippen LogP contribution is -2.47. The third kappa shape index (κ3) is 3.35. The zero-order valence-electron chi connectivity index (χ0n) is 9.47. The zero-order valence-corrected chi connectivity index (χ0v) is 10.2. The highest BCUT2D eigenvalue weighted by Crippen LogP contribution is 2.12. The van der Waals surface area contributed by atoms with E-state index < -0.39 is 6.09 Å². The maximum Gasteiger partial charge on any atom is 0.407 e. The summed E-state index contributed by atoms with van der Waals surface area (Å²) < 4.78 is 0. The van der Waals surface area contributed by atoms with Crippen molar-refractivity contribution in [3.05, 3.63) is 34.9 Å². The standard InChI is InChI=1S/C12H15ClN2O2/c13-11-3-1-10(2-4-11)9-14-5-7-15(8-6-14)12(16)17/h1-4H,5-9H2,(H,16,17). The second-order valence-corrected chi connectivity index (χ2v) is 4.61. The minimum atomic E-state index is -0.823. The molecule has 92 valence electrons. The van der Waals surface area contributed by atoms with Gasteiger partial charge >= 0.3 is 6.09 Å². The summed E-state index contributed by atoms with van der Waals surface area (Å²) in [5.74, 6) is 0. The van der Waals surface area contributed by atoms with Gasteiger partial charge in [-0.15, -0.1) is 0 Å². The van der Waals surface area contributed by atoms with E-state index in [1.54, 1.807) is 0 Å². The Balaban J connectivity index is 1.85. The van der Waals surface area contributed by atoms with Crippen LogP contribution < -0.4 is 0 Å². The third-order valence-electron chi connectivity index (χ3n) is 2.96. The monoisotopic (exact) mass is 254 g/mol. The first kappa shape index (κ1) is 12.2. The molecule has 1 aromatic carbocycles. The molecule has 0 spiro atoms. The predicted octanol–water partition coefficient (Wildman–Crippen LogP) is 2.14. The Kier molecular flexibility index (Phi) is 3.86.